The molecule has 2 amide bonds. The van der Waals surface area contributed by atoms with Gasteiger partial charge in [-0.1, -0.05) is 30.0 Å². The van der Waals surface area contributed by atoms with Crippen LogP contribution in [0.4, 0.5) is 8.78 Å². The largest absolute Gasteiger partial charge is 0.435 e. The number of nitrogens with zero attached hydrogens (tertiary/aromatic N) is 3. The van der Waals surface area contributed by atoms with E-state index in [0.29, 0.717) is 17.5 Å². The van der Waals surface area contributed by atoms with E-state index >= 15 is 0 Å². The smallest absolute Gasteiger partial charge is 0.387 e. The average molecular weight is 468 g/mol. The lowest BCUT2D eigenvalue weighted by atomic mass is 10.2. The second-order valence-corrected chi connectivity index (χ2v) is 8.13. The lowest BCUT2D eigenvalue weighted by Gasteiger charge is -2.09. The monoisotopic (exact) mass is 467 g/mol. The highest BCUT2D eigenvalue weighted by atomic mass is 32.2. The number of thioether (sulfide) groups is 1. The Bertz CT molecular complexity index is 1010. The molecule has 0 aliphatic carbocycles. The number of halogens is 2. The maximum Gasteiger partial charge on any atom is 0.387 e. The molecule has 0 saturated carbocycles. The SMILES string of the molecule is NC(=O)CCn1c(SCC(=O)NCc2ccc(OC(F)F)cc2)nnc1-c1cccs1. The van der Waals surface area contributed by atoms with Crippen LogP contribution in [0.1, 0.15) is 12.0 Å². The number of thiophene rings is 1. The van der Waals surface area contributed by atoms with Crippen molar-refractivity contribution in [2.75, 3.05) is 5.75 Å². The fourth-order valence-electron chi connectivity index (χ4n) is 2.58. The van der Waals surface area contributed by atoms with Crippen molar-refractivity contribution in [2.45, 2.75) is 31.3 Å². The molecule has 0 unspecified atom stereocenters. The zero-order valence-corrected chi connectivity index (χ0v) is 17.8. The number of nitrogens with one attached hydrogen (secondary N) is 1. The molecule has 1 aromatic carbocycles. The number of benzene rings is 1. The summed E-state index contributed by atoms with van der Waals surface area (Å²) >= 11 is 2.69. The summed E-state index contributed by atoms with van der Waals surface area (Å²) in [7, 11) is 0. The minimum absolute atomic E-state index is 0.0532. The van der Waals surface area contributed by atoms with Crippen molar-refractivity contribution in [2.24, 2.45) is 5.73 Å². The first kappa shape index (κ1) is 22.7. The third-order valence-corrected chi connectivity index (χ3v) is 5.84. The first-order valence-electron chi connectivity index (χ1n) is 9.11. The second-order valence-electron chi connectivity index (χ2n) is 6.24. The number of amides is 2. The molecule has 0 aliphatic heterocycles. The van der Waals surface area contributed by atoms with Gasteiger partial charge in [0.15, 0.2) is 11.0 Å². The number of ether oxygens (including phenoxy) is 1. The van der Waals surface area contributed by atoms with Crippen molar-refractivity contribution in [1.82, 2.24) is 20.1 Å². The summed E-state index contributed by atoms with van der Waals surface area (Å²) in [4.78, 5) is 24.3. The number of rotatable bonds is 11. The van der Waals surface area contributed by atoms with E-state index in [9.17, 15) is 18.4 Å². The van der Waals surface area contributed by atoms with Crippen LogP contribution in [0.5, 0.6) is 5.75 Å². The molecular weight excluding hydrogens is 448 g/mol. The van der Waals surface area contributed by atoms with Crippen molar-refractivity contribution >= 4 is 34.9 Å². The summed E-state index contributed by atoms with van der Waals surface area (Å²) in [5, 5.41) is 13.5. The van der Waals surface area contributed by atoms with Gasteiger partial charge in [-0.3, -0.25) is 9.59 Å². The number of nitrogens with two attached hydrogens (primary N) is 1. The topological polar surface area (TPSA) is 112 Å². The molecule has 0 atom stereocenters. The molecular formula is C19H19F2N5O3S2. The van der Waals surface area contributed by atoms with Crippen LogP contribution < -0.4 is 15.8 Å². The molecule has 3 aromatic rings. The van der Waals surface area contributed by atoms with Crippen LogP contribution in [0.25, 0.3) is 10.7 Å². The quantitative estimate of drug-likeness (QED) is 0.420. The number of alkyl halides is 2. The molecule has 2 aromatic heterocycles. The van der Waals surface area contributed by atoms with Gasteiger partial charge in [-0.25, -0.2) is 0 Å². The van der Waals surface area contributed by atoms with Gasteiger partial charge in [0.2, 0.25) is 11.8 Å². The number of primary amides is 1. The number of aromatic nitrogens is 3. The van der Waals surface area contributed by atoms with E-state index in [1.165, 1.54) is 35.2 Å². The summed E-state index contributed by atoms with van der Waals surface area (Å²) in [5.41, 5.74) is 6.01. The van der Waals surface area contributed by atoms with Crippen LogP contribution in [-0.2, 0) is 22.7 Å². The van der Waals surface area contributed by atoms with E-state index in [1.54, 1.807) is 16.7 Å². The Hall–Kier alpha value is -2.99. The van der Waals surface area contributed by atoms with Gasteiger partial charge in [0.25, 0.3) is 0 Å². The predicted molar refractivity (Wildman–Crippen MR) is 113 cm³/mol. The number of hydrogen-bond donors (Lipinski definition) is 2. The summed E-state index contributed by atoms with van der Waals surface area (Å²) in [5.74, 6) is 0.0818. The normalized spacial score (nSPS) is 10.9. The van der Waals surface area contributed by atoms with Crippen molar-refractivity contribution in [3.63, 3.8) is 0 Å². The van der Waals surface area contributed by atoms with Gasteiger partial charge in [0, 0.05) is 19.5 Å². The van der Waals surface area contributed by atoms with Crippen LogP contribution in [0.3, 0.4) is 0 Å². The summed E-state index contributed by atoms with van der Waals surface area (Å²) in [6.45, 7) is -2.33. The molecule has 31 heavy (non-hydrogen) atoms. The first-order chi connectivity index (χ1) is 14.9. The Morgan fingerprint density at radius 3 is 2.65 bits per heavy atom. The van der Waals surface area contributed by atoms with Gasteiger partial charge >= 0.3 is 6.61 Å². The minimum Gasteiger partial charge on any atom is -0.435 e. The summed E-state index contributed by atoms with van der Waals surface area (Å²) in [6.07, 6.45) is 0.126. The van der Waals surface area contributed by atoms with Gasteiger partial charge in [0.05, 0.1) is 10.6 Å². The zero-order chi connectivity index (χ0) is 22.2. The molecule has 8 nitrogen and oxygen atoms in total. The molecule has 0 aliphatic rings. The second kappa shape index (κ2) is 10.9. The predicted octanol–water partition coefficient (Wildman–Crippen LogP) is 2.89. The van der Waals surface area contributed by atoms with Gasteiger partial charge in [-0.05, 0) is 29.1 Å². The number of hydrogen-bond acceptors (Lipinski definition) is 7. The molecule has 3 rings (SSSR count). The standard InChI is InChI=1S/C19H19F2N5O3S2/c20-18(21)29-13-5-3-12(4-6-13)10-23-16(28)11-31-19-25-24-17(14-2-1-9-30-14)26(19)8-7-15(22)27/h1-6,9,18H,7-8,10-11H2,(H2,22,27)(H,23,28). The number of carbonyl (C=O) groups excluding carboxylic acids is 2. The molecule has 2 heterocycles. The highest BCUT2D eigenvalue weighted by molar-refractivity contribution is 7.99. The van der Waals surface area contributed by atoms with Crippen molar-refractivity contribution in [1.29, 1.82) is 0 Å². The lowest BCUT2D eigenvalue weighted by Crippen LogP contribution is -2.24. The molecule has 0 saturated heterocycles. The van der Waals surface area contributed by atoms with E-state index < -0.39 is 12.5 Å². The molecule has 164 valence electrons. The van der Waals surface area contributed by atoms with Gasteiger partial charge < -0.3 is 20.4 Å². The molecule has 0 bridgehead atoms. The molecule has 0 radical (unpaired) electrons. The molecule has 12 heteroatoms. The van der Waals surface area contributed by atoms with E-state index in [0.717, 1.165) is 10.4 Å². The van der Waals surface area contributed by atoms with E-state index in [4.69, 9.17) is 5.73 Å². The number of carbonyl (C=O) groups is 2. The highest BCUT2D eigenvalue weighted by Gasteiger charge is 2.17. The third kappa shape index (κ3) is 6.76. The highest BCUT2D eigenvalue weighted by Crippen LogP contribution is 2.27. The van der Waals surface area contributed by atoms with Crippen LogP contribution in [0.15, 0.2) is 46.9 Å². The van der Waals surface area contributed by atoms with E-state index in [-0.39, 0.29) is 30.4 Å². The van der Waals surface area contributed by atoms with Gasteiger partial charge in [-0.15, -0.1) is 21.5 Å². The average Bonchev–Trinajstić information content (AvgIpc) is 3.39. The van der Waals surface area contributed by atoms with Crippen LogP contribution in [-0.4, -0.2) is 38.9 Å². The third-order valence-electron chi connectivity index (χ3n) is 4.01. The van der Waals surface area contributed by atoms with E-state index in [1.807, 2.05) is 17.5 Å². The van der Waals surface area contributed by atoms with Gasteiger partial charge in [-0.2, -0.15) is 8.78 Å². The Morgan fingerprint density at radius 1 is 1.23 bits per heavy atom. The molecule has 0 fully saturated rings. The van der Waals surface area contributed by atoms with Crippen molar-refractivity contribution in [3.8, 4) is 16.5 Å². The maximum atomic E-state index is 12.2. The first-order valence-corrected chi connectivity index (χ1v) is 11.0. The van der Waals surface area contributed by atoms with Crippen molar-refractivity contribution < 1.29 is 23.1 Å². The Labute approximate surface area is 184 Å². The minimum atomic E-state index is -2.88. The summed E-state index contributed by atoms with van der Waals surface area (Å²) < 4.78 is 30.4. The fraction of sp³-hybridized carbons (Fsp3) is 0.263. The zero-order valence-electron chi connectivity index (χ0n) is 16.2. The molecule has 3 N–H and O–H groups in total. The van der Waals surface area contributed by atoms with Gasteiger partial charge in [0.1, 0.15) is 5.75 Å². The van der Waals surface area contributed by atoms with Crippen LogP contribution >= 0.6 is 23.1 Å². The van der Waals surface area contributed by atoms with Crippen LogP contribution in [0, 0.1) is 0 Å². The maximum absolute atomic E-state index is 12.2. The van der Waals surface area contributed by atoms with E-state index in [2.05, 4.69) is 20.3 Å². The van der Waals surface area contributed by atoms with Crippen molar-refractivity contribution in [3.05, 3.63) is 47.3 Å². The van der Waals surface area contributed by atoms with Crippen LogP contribution in [0.2, 0.25) is 0 Å². The fourth-order valence-corrected chi connectivity index (χ4v) is 4.09. The Morgan fingerprint density at radius 2 is 2.00 bits per heavy atom. The molecule has 0 spiro atoms. The Balaban J connectivity index is 1.56. The Kier molecular flexibility index (Phi) is 7.95. The summed E-state index contributed by atoms with van der Waals surface area (Å²) in [6, 6.07) is 9.80. The lowest BCUT2D eigenvalue weighted by molar-refractivity contribution is -0.119.